The van der Waals surface area contributed by atoms with Gasteiger partial charge < -0.3 is 14.3 Å². The van der Waals surface area contributed by atoms with Crippen molar-refractivity contribution in [3.8, 4) is 17.3 Å². The standard InChI is InChI=1S/C23H20Cl2N4O2/c1-15-20(22(27-31-15)21-18(24)4-2-5-19(21)25)23(30)29-11-3-10-28(12-13-29)17-8-6-16(14-26)7-9-17/h2,4-9H,3,10-13H2,1H3. The number of nitrogens with zero attached hydrogens (tertiary/aromatic N) is 4. The summed E-state index contributed by atoms with van der Waals surface area (Å²) in [6.07, 6.45) is 0.818. The highest BCUT2D eigenvalue weighted by atomic mass is 35.5. The molecule has 0 saturated carbocycles. The van der Waals surface area contributed by atoms with Crippen molar-refractivity contribution in [3.05, 3.63) is 69.4 Å². The molecule has 0 spiro atoms. The predicted molar refractivity (Wildman–Crippen MR) is 121 cm³/mol. The number of rotatable bonds is 3. The fourth-order valence-electron chi connectivity index (χ4n) is 3.80. The minimum Gasteiger partial charge on any atom is -0.370 e. The van der Waals surface area contributed by atoms with Gasteiger partial charge in [-0.15, -0.1) is 0 Å². The maximum absolute atomic E-state index is 13.5. The normalized spacial score (nSPS) is 14.3. The van der Waals surface area contributed by atoms with E-state index < -0.39 is 0 Å². The number of hydrogen-bond donors (Lipinski definition) is 0. The molecule has 0 unspecified atom stereocenters. The Kier molecular flexibility index (Phi) is 6.17. The van der Waals surface area contributed by atoms with E-state index >= 15 is 0 Å². The van der Waals surface area contributed by atoms with Crippen LogP contribution in [0, 0.1) is 18.3 Å². The highest BCUT2D eigenvalue weighted by molar-refractivity contribution is 6.39. The summed E-state index contributed by atoms with van der Waals surface area (Å²) in [6.45, 7) is 4.39. The van der Waals surface area contributed by atoms with Crippen molar-refractivity contribution in [1.82, 2.24) is 10.1 Å². The number of hydrogen-bond acceptors (Lipinski definition) is 5. The first-order valence-corrected chi connectivity index (χ1v) is 10.7. The lowest BCUT2D eigenvalue weighted by Crippen LogP contribution is -2.35. The second-order valence-electron chi connectivity index (χ2n) is 7.35. The van der Waals surface area contributed by atoms with Gasteiger partial charge in [0.15, 0.2) is 0 Å². The summed E-state index contributed by atoms with van der Waals surface area (Å²) in [5, 5.41) is 13.9. The number of benzene rings is 2. The molecule has 4 rings (SSSR count). The Morgan fingerprint density at radius 2 is 1.77 bits per heavy atom. The third-order valence-electron chi connectivity index (χ3n) is 5.42. The summed E-state index contributed by atoms with van der Waals surface area (Å²) in [6, 6.07) is 14.8. The Labute approximate surface area is 190 Å². The first-order valence-electron chi connectivity index (χ1n) is 9.94. The molecule has 0 bridgehead atoms. The largest absolute Gasteiger partial charge is 0.370 e. The van der Waals surface area contributed by atoms with Crippen molar-refractivity contribution < 1.29 is 9.32 Å². The zero-order chi connectivity index (χ0) is 22.0. The highest BCUT2D eigenvalue weighted by Crippen LogP contribution is 2.37. The molecule has 1 aliphatic heterocycles. The van der Waals surface area contributed by atoms with E-state index in [1.54, 1.807) is 25.1 Å². The van der Waals surface area contributed by atoms with E-state index in [1.165, 1.54) is 0 Å². The zero-order valence-corrected chi connectivity index (χ0v) is 18.5. The third-order valence-corrected chi connectivity index (χ3v) is 6.05. The molecule has 2 heterocycles. The fourth-order valence-corrected chi connectivity index (χ4v) is 4.38. The Hall–Kier alpha value is -3.01. The number of nitriles is 1. The summed E-state index contributed by atoms with van der Waals surface area (Å²) in [5.74, 6) is 0.288. The van der Waals surface area contributed by atoms with Gasteiger partial charge in [-0.05, 0) is 49.7 Å². The molecule has 1 aromatic heterocycles. The molecular weight excluding hydrogens is 435 g/mol. The molecule has 6 nitrogen and oxygen atoms in total. The van der Waals surface area contributed by atoms with Gasteiger partial charge in [-0.2, -0.15) is 5.26 Å². The number of aryl methyl sites for hydroxylation is 1. The number of amides is 1. The smallest absolute Gasteiger partial charge is 0.259 e. The molecule has 158 valence electrons. The number of halogens is 2. The molecular formula is C23H20Cl2N4O2. The highest BCUT2D eigenvalue weighted by Gasteiger charge is 2.29. The van der Waals surface area contributed by atoms with Crippen molar-refractivity contribution >= 4 is 34.8 Å². The van der Waals surface area contributed by atoms with Crippen LogP contribution in [0.25, 0.3) is 11.3 Å². The molecule has 31 heavy (non-hydrogen) atoms. The van der Waals surface area contributed by atoms with Crippen LogP contribution in [0.5, 0.6) is 0 Å². The maximum atomic E-state index is 13.5. The topological polar surface area (TPSA) is 73.4 Å². The first kappa shape index (κ1) is 21.2. The second-order valence-corrected chi connectivity index (χ2v) is 8.16. The van der Waals surface area contributed by atoms with E-state index in [0.29, 0.717) is 57.8 Å². The zero-order valence-electron chi connectivity index (χ0n) is 16.9. The summed E-state index contributed by atoms with van der Waals surface area (Å²) in [4.78, 5) is 17.5. The number of carbonyl (C=O) groups excluding carboxylic acids is 1. The van der Waals surface area contributed by atoms with E-state index in [9.17, 15) is 4.79 Å². The van der Waals surface area contributed by atoms with Gasteiger partial charge in [0.25, 0.3) is 5.91 Å². The van der Waals surface area contributed by atoms with Gasteiger partial charge in [-0.25, -0.2) is 0 Å². The second kappa shape index (κ2) is 9.01. The van der Waals surface area contributed by atoms with E-state index in [-0.39, 0.29) is 5.91 Å². The Bertz CT molecular complexity index is 1130. The third kappa shape index (κ3) is 4.25. The van der Waals surface area contributed by atoms with Gasteiger partial charge in [0, 0.05) is 37.4 Å². The maximum Gasteiger partial charge on any atom is 0.259 e. The minimum absolute atomic E-state index is 0.147. The van der Waals surface area contributed by atoms with E-state index in [2.05, 4.69) is 16.1 Å². The van der Waals surface area contributed by atoms with Crippen LogP contribution in [0.1, 0.15) is 28.1 Å². The molecule has 0 N–H and O–H groups in total. The molecule has 0 atom stereocenters. The van der Waals surface area contributed by atoms with E-state index in [0.717, 1.165) is 18.7 Å². The van der Waals surface area contributed by atoms with E-state index in [1.807, 2.05) is 29.2 Å². The predicted octanol–water partition coefficient (Wildman–Crippen LogP) is 5.18. The average Bonchev–Trinajstić information content (AvgIpc) is 2.98. The minimum atomic E-state index is -0.147. The van der Waals surface area contributed by atoms with Gasteiger partial charge in [-0.3, -0.25) is 4.79 Å². The van der Waals surface area contributed by atoms with Crippen LogP contribution in [0.4, 0.5) is 5.69 Å². The lowest BCUT2D eigenvalue weighted by Gasteiger charge is -2.24. The molecule has 1 saturated heterocycles. The molecule has 1 fully saturated rings. The number of aromatic nitrogens is 1. The van der Waals surface area contributed by atoms with Crippen molar-refractivity contribution in [1.29, 1.82) is 5.26 Å². The molecule has 0 aliphatic carbocycles. The van der Waals surface area contributed by atoms with Gasteiger partial charge in [0.05, 0.1) is 21.7 Å². The SMILES string of the molecule is Cc1onc(-c2c(Cl)cccc2Cl)c1C(=O)N1CCCN(c2ccc(C#N)cc2)CC1. The van der Waals surface area contributed by atoms with Crippen molar-refractivity contribution in [2.75, 3.05) is 31.1 Å². The number of anilines is 1. The van der Waals surface area contributed by atoms with Gasteiger partial charge in [0.1, 0.15) is 17.0 Å². The molecule has 1 amide bonds. The number of carbonyl (C=O) groups is 1. The van der Waals surface area contributed by atoms with Crippen LogP contribution in [0.15, 0.2) is 47.0 Å². The fraction of sp³-hybridized carbons (Fsp3) is 0.261. The van der Waals surface area contributed by atoms with Crippen LogP contribution >= 0.6 is 23.2 Å². The van der Waals surface area contributed by atoms with Crippen LogP contribution < -0.4 is 4.90 Å². The Morgan fingerprint density at radius 3 is 2.45 bits per heavy atom. The summed E-state index contributed by atoms with van der Waals surface area (Å²) in [7, 11) is 0. The Balaban J connectivity index is 1.57. The van der Waals surface area contributed by atoms with Crippen LogP contribution in [0.2, 0.25) is 10.0 Å². The van der Waals surface area contributed by atoms with Crippen LogP contribution in [-0.2, 0) is 0 Å². The lowest BCUT2D eigenvalue weighted by molar-refractivity contribution is 0.0766. The molecule has 2 aromatic carbocycles. The summed E-state index contributed by atoms with van der Waals surface area (Å²) in [5.41, 5.74) is 2.93. The summed E-state index contributed by atoms with van der Waals surface area (Å²) < 4.78 is 5.36. The Morgan fingerprint density at radius 1 is 1.06 bits per heavy atom. The van der Waals surface area contributed by atoms with Crippen molar-refractivity contribution in [3.63, 3.8) is 0 Å². The lowest BCUT2D eigenvalue weighted by atomic mass is 10.0. The molecule has 1 aliphatic rings. The quantitative estimate of drug-likeness (QED) is 0.544. The van der Waals surface area contributed by atoms with E-state index in [4.69, 9.17) is 33.0 Å². The monoisotopic (exact) mass is 454 g/mol. The van der Waals surface area contributed by atoms with Crippen molar-refractivity contribution in [2.45, 2.75) is 13.3 Å². The first-order chi connectivity index (χ1) is 15.0. The van der Waals surface area contributed by atoms with Crippen LogP contribution in [0.3, 0.4) is 0 Å². The van der Waals surface area contributed by atoms with Crippen LogP contribution in [-0.4, -0.2) is 42.1 Å². The molecule has 0 radical (unpaired) electrons. The van der Waals surface area contributed by atoms with Gasteiger partial charge >= 0.3 is 0 Å². The van der Waals surface area contributed by atoms with Crippen molar-refractivity contribution in [2.24, 2.45) is 0 Å². The van der Waals surface area contributed by atoms with Gasteiger partial charge in [-0.1, -0.05) is 34.4 Å². The van der Waals surface area contributed by atoms with Gasteiger partial charge in [0.2, 0.25) is 0 Å². The average molecular weight is 455 g/mol. The molecule has 8 heteroatoms. The molecule has 3 aromatic rings. The summed E-state index contributed by atoms with van der Waals surface area (Å²) >= 11 is 12.7.